The Hall–Kier alpha value is -3.30. The first-order valence-electron chi connectivity index (χ1n) is 6.54. The van der Waals surface area contributed by atoms with Crippen LogP contribution in [0.3, 0.4) is 0 Å². The number of non-ortho nitro benzene ring substituents is 1. The average molecular weight is 320 g/mol. The van der Waals surface area contributed by atoms with E-state index in [1.54, 1.807) is 6.92 Å². The molecule has 0 atom stereocenters. The van der Waals surface area contributed by atoms with Gasteiger partial charge in [-0.15, -0.1) is 0 Å². The Morgan fingerprint density at radius 3 is 2.70 bits per heavy atom. The quantitative estimate of drug-likeness (QED) is 0.588. The van der Waals surface area contributed by atoms with Gasteiger partial charge in [0.2, 0.25) is 5.43 Å². The molecule has 23 heavy (non-hydrogen) atoms. The van der Waals surface area contributed by atoms with Gasteiger partial charge in [-0.2, -0.15) is 5.10 Å². The van der Waals surface area contributed by atoms with Crippen LogP contribution in [0.15, 0.2) is 23.0 Å². The molecule has 0 aliphatic heterocycles. The monoisotopic (exact) mass is 320 g/mol. The van der Waals surface area contributed by atoms with Crippen LogP contribution in [0.25, 0.3) is 10.9 Å². The van der Waals surface area contributed by atoms with Gasteiger partial charge in [0, 0.05) is 18.7 Å². The molecule has 0 bridgehead atoms. The van der Waals surface area contributed by atoms with Crippen molar-refractivity contribution in [2.45, 2.75) is 13.5 Å². The van der Waals surface area contributed by atoms with Crippen LogP contribution in [-0.4, -0.2) is 38.2 Å². The van der Waals surface area contributed by atoms with Gasteiger partial charge in [0.15, 0.2) is 5.69 Å². The van der Waals surface area contributed by atoms with Crippen molar-refractivity contribution in [3.05, 3.63) is 44.2 Å². The summed E-state index contributed by atoms with van der Waals surface area (Å²) in [6, 6.07) is 3.68. The topological polar surface area (TPSA) is 144 Å². The third kappa shape index (κ3) is 3.15. The molecule has 2 rings (SSSR count). The third-order valence-corrected chi connectivity index (χ3v) is 3.06. The van der Waals surface area contributed by atoms with Crippen LogP contribution >= 0.6 is 0 Å². The standard InChI is InChI=1S/C13H12N4O6/c1-2-16-9-4-3-7(17(22)23)5-8(9)12(20)11(15-16)13(21)14-6-10(18)19/h3-5H,2,6H2,1H3,(H,14,21)(H,18,19). The number of aromatic nitrogens is 2. The fourth-order valence-electron chi connectivity index (χ4n) is 2.02. The first kappa shape index (κ1) is 16.1. The summed E-state index contributed by atoms with van der Waals surface area (Å²) in [7, 11) is 0. The van der Waals surface area contributed by atoms with Crippen LogP contribution < -0.4 is 10.7 Å². The van der Waals surface area contributed by atoms with Crippen LogP contribution in [0.4, 0.5) is 5.69 Å². The van der Waals surface area contributed by atoms with E-state index >= 15 is 0 Å². The van der Waals surface area contributed by atoms with E-state index in [4.69, 9.17) is 5.11 Å². The number of hydrogen-bond acceptors (Lipinski definition) is 6. The van der Waals surface area contributed by atoms with Crippen molar-refractivity contribution in [3.8, 4) is 0 Å². The number of carboxylic acid groups (broad SMARTS) is 1. The van der Waals surface area contributed by atoms with Crippen molar-refractivity contribution in [2.24, 2.45) is 0 Å². The number of carbonyl (C=O) groups excluding carboxylic acids is 1. The van der Waals surface area contributed by atoms with Crippen molar-refractivity contribution < 1.29 is 19.6 Å². The highest BCUT2D eigenvalue weighted by molar-refractivity contribution is 5.96. The van der Waals surface area contributed by atoms with Gasteiger partial charge in [0.1, 0.15) is 6.54 Å². The highest BCUT2D eigenvalue weighted by atomic mass is 16.6. The molecule has 1 aromatic heterocycles. The molecule has 120 valence electrons. The first-order chi connectivity index (χ1) is 10.8. The van der Waals surface area contributed by atoms with Gasteiger partial charge < -0.3 is 10.4 Å². The molecule has 0 aliphatic carbocycles. The lowest BCUT2D eigenvalue weighted by molar-refractivity contribution is -0.384. The summed E-state index contributed by atoms with van der Waals surface area (Å²) in [5, 5.41) is 25.3. The second kappa shape index (κ2) is 6.22. The lowest BCUT2D eigenvalue weighted by Crippen LogP contribution is -2.35. The zero-order valence-corrected chi connectivity index (χ0v) is 12.0. The number of fused-ring (bicyclic) bond motifs is 1. The zero-order chi connectivity index (χ0) is 17.1. The smallest absolute Gasteiger partial charge is 0.322 e. The summed E-state index contributed by atoms with van der Waals surface area (Å²) in [6.45, 7) is 1.37. The van der Waals surface area contributed by atoms with Crippen molar-refractivity contribution in [1.82, 2.24) is 15.1 Å². The van der Waals surface area contributed by atoms with Gasteiger partial charge in [0.25, 0.3) is 11.6 Å². The summed E-state index contributed by atoms with van der Waals surface area (Å²) < 4.78 is 1.34. The Morgan fingerprint density at radius 1 is 1.43 bits per heavy atom. The summed E-state index contributed by atoms with van der Waals surface area (Å²) in [5.41, 5.74) is -1.25. The van der Waals surface area contributed by atoms with Crippen molar-refractivity contribution in [3.63, 3.8) is 0 Å². The number of carbonyl (C=O) groups is 2. The predicted octanol–water partition coefficient (Wildman–Crippen LogP) is 0.139. The number of aliphatic carboxylic acids is 1. The highest BCUT2D eigenvalue weighted by Gasteiger charge is 2.19. The molecule has 0 aliphatic rings. The Balaban J connectivity index is 2.64. The minimum atomic E-state index is -1.27. The molecule has 1 amide bonds. The Kier molecular flexibility index (Phi) is 4.35. The number of benzene rings is 1. The van der Waals surface area contributed by atoms with Crippen LogP contribution in [-0.2, 0) is 11.3 Å². The minimum absolute atomic E-state index is 0.0310. The third-order valence-electron chi connectivity index (χ3n) is 3.06. The van der Waals surface area contributed by atoms with E-state index in [1.807, 2.05) is 5.32 Å². The maximum absolute atomic E-state index is 12.4. The van der Waals surface area contributed by atoms with Gasteiger partial charge >= 0.3 is 5.97 Å². The number of nitrogens with zero attached hydrogens (tertiary/aromatic N) is 3. The normalized spacial score (nSPS) is 10.5. The second-order valence-electron chi connectivity index (χ2n) is 4.53. The van der Waals surface area contributed by atoms with Crippen molar-refractivity contribution >= 4 is 28.5 Å². The minimum Gasteiger partial charge on any atom is -0.480 e. The van der Waals surface area contributed by atoms with E-state index in [2.05, 4.69) is 5.10 Å². The molecule has 0 saturated carbocycles. The number of nitrogens with one attached hydrogen (secondary N) is 1. The largest absolute Gasteiger partial charge is 0.480 e. The molecule has 0 saturated heterocycles. The number of nitro groups is 1. The van der Waals surface area contributed by atoms with E-state index < -0.39 is 34.5 Å². The molecular formula is C13H12N4O6. The second-order valence-corrected chi connectivity index (χ2v) is 4.53. The first-order valence-corrected chi connectivity index (χ1v) is 6.54. The van der Waals surface area contributed by atoms with E-state index in [-0.39, 0.29) is 11.1 Å². The highest BCUT2D eigenvalue weighted by Crippen LogP contribution is 2.18. The average Bonchev–Trinajstić information content (AvgIpc) is 2.52. The lowest BCUT2D eigenvalue weighted by atomic mass is 10.1. The fourth-order valence-corrected chi connectivity index (χ4v) is 2.02. The number of nitro benzene ring substituents is 1. The van der Waals surface area contributed by atoms with E-state index in [0.717, 1.165) is 6.07 Å². The van der Waals surface area contributed by atoms with Crippen molar-refractivity contribution in [2.75, 3.05) is 6.54 Å². The van der Waals surface area contributed by atoms with Crippen LogP contribution in [0.2, 0.25) is 0 Å². The number of rotatable bonds is 5. The molecule has 0 radical (unpaired) electrons. The predicted molar refractivity (Wildman–Crippen MR) is 78.3 cm³/mol. The van der Waals surface area contributed by atoms with Crippen LogP contribution in [0, 0.1) is 10.1 Å². The molecule has 2 aromatic rings. The Morgan fingerprint density at radius 2 is 2.13 bits per heavy atom. The molecule has 0 unspecified atom stereocenters. The van der Waals surface area contributed by atoms with Crippen molar-refractivity contribution in [1.29, 1.82) is 0 Å². The summed E-state index contributed by atoms with van der Waals surface area (Å²) >= 11 is 0. The summed E-state index contributed by atoms with van der Waals surface area (Å²) in [6.07, 6.45) is 0. The molecule has 10 heteroatoms. The van der Waals surface area contributed by atoms with E-state index in [1.165, 1.54) is 16.8 Å². The number of aryl methyl sites for hydroxylation is 1. The SMILES string of the molecule is CCn1nc(C(=O)NCC(=O)O)c(=O)c2cc([N+](=O)[O-])ccc21. The van der Waals surface area contributed by atoms with E-state index in [0.29, 0.717) is 12.1 Å². The number of hydrogen-bond donors (Lipinski definition) is 2. The molecule has 1 heterocycles. The Bertz CT molecular complexity index is 873. The molecule has 10 nitrogen and oxygen atoms in total. The molecular weight excluding hydrogens is 308 g/mol. The van der Waals surface area contributed by atoms with Crippen LogP contribution in [0.1, 0.15) is 17.4 Å². The van der Waals surface area contributed by atoms with Gasteiger partial charge in [0.05, 0.1) is 15.8 Å². The molecule has 1 aromatic carbocycles. The number of amides is 1. The van der Waals surface area contributed by atoms with Gasteiger partial charge in [-0.1, -0.05) is 0 Å². The maximum atomic E-state index is 12.4. The van der Waals surface area contributed by atoms with E-state index in [9.17, 15) is 24.5 Å². The summed E-state index contributed by atoms with van der Waals surface area (Å²) in [4.78, 5) is 44.9. The van der Waals surface area contributed by atoms with Gasteiger partial charge in [-0.25, -0.2) is 0 Å². The van der Waals surface area contributed by atoms with Gasteiger partial charge in [-0.05, 0) is 13.0 Å². The fraction of sp³-hybridized carbons (Fsp3) is 0.231. The zero-order valence-electron chi connectivity index (χ0n) is 12.0. The Labute approximate surface area is 128 Å². The number of carboxylic acids is 1. The lowest BCUT2D eigenvalue weighted by Gasteiger charge is -2.09. The van der Waals surface area contributed by atoms with Crippen LogP contribution in [0.5, 0.6) is 0 Å². The maximum Gasteiger partial charge on any atom is 0.322 e. The summed E-state index contributed by atoms with van der Waals surface area (Å²) in [5.74, 6) is -2.22. The van der Waals surface area contributed by atoms with Gasteiger partial charge in [-0.3, -0.25) is 29.2 Å². The molecule has 0 fully saturated rings. The molecule has 2 N–H and O–H groups in total. The molecule has 0 spiro atoms.